The minimum Gasteiger partial charge on any atom is -0.497 e. The van der Waals surface area contributed by atoms with Crippen molar-refractivity contribution in [3.05, 3.63) is 53.8 Å². The molecule has 2 aromatic rings. The van der Waals surface area contributed by atoms with Crippen LogP contribution in [-0.4, -0.2) is 20.1 Å². The van der Waals surface area contributed by atoms with E-state index in [0.717, 1.165) is 5.56 Å². The number of halogens is 1. The van der Waals surface area contributed by atoms with Crippen molar-refractivity contribution in [3.8, 4) is 11.5 Å². The Labute approximate surface area is 122 Å². The second kappa shape index (κ2) is 6.74. The number of ether oxygens (including phenoxy) is 2. The van der Waals surface area contributed by atoms with Gasteiger partial charge in [-0.3, -0.25) is 4.79 Å². The third-order valence-corrected chi connectivity index (χ3v) is 2.93. The average molecular weight is 289 g/mol. The summed E-state index contributed by atoms with van der Waals surface area (Å²) in [6.07, 6.45) is 0.164. The Balaban J connectivity index is 2.09. The van der Waals surface area contributed by atoms with Gasteiger partial charge in [0, 0.05) is 6.07 Å². The van der Waals surface area contributed by atoms with Crippen LogP contribution >= 0.6 is 0 Å². The largest absolute Gasteiger partial charge is 0.497 e. The van der Waals surface area contributed by atoms with E-state index in [-0.39, 0.29) is 12.3 Å². The van der Waals surface area contributed by atoms with Gasteiger partial charge >= 0.3 is 0 Å². The fourth-order valence-electron chi connectivity index (χ4n) is 1.94. The fraction of sp³-hybridized carbons (Fsp3) is 0.188. The first kappa shape index (κ1) is 14.8. The number of carbonyl (C=O) groups excluding carboxylic acids is 1. The number of hydrogen-bond acceptors (Lipinski definition) is 3. The minimum absolute atomic E-state index is 0.164. The molecule has 0 atom stereocenters. The van der Waals surface area contributed by atoms with Gasteiger partial charge in [-0.05, 0) is 29.8 Å². The summed E-state index contributed by atoms with van der Waals surface area (Å²) in [5, 5.41) is 2.64. The van der Waals surface area contributed by atoms with Crippen molar-refractivity contribution < 1.29 is 18.7 Å². The molecule has 0 aromatic heterocycles. The first-order valence-electron chi connectivity index (χ1n) is 6.38. The van der Waals surface area contributed by atoms with Crippen LogP contribution in [0.3, 0.4) is 0 Å². The van der Waals surface area contributed by atoms with Crippen molar-refractivity contribution in [2.24, 2.45) is 0 Å². The quantitative estimate of drug-likeness (QED) is 0.920. The normalized spacial score (nSPS) is 10.0. The van der Waals surface area contributed by atoms with Gasteiger partial charge in [0.25, 0.3) is 0 Å². The summed E-state index contributed by atoms with van der Waals surface area (Å²) in [6, 6.07) is 11.2. The maximum atomic E-state index is 13.2. The van der Waals surface area contributed by atoms with E-state index in [1.807, 2.05) is 12.1 Å². The van der Waals surface area contributed by atoms with E-state index in [0.29, 0.717) is 17.2 Å². The molecule has 0 bridgehead atoms. The van der Waals surface area contributed by atoms with Crippen LogP contribution in [0.4, 0.5) is 10.1 Å². The number of carbonyl (C=O) groups is 1. The number of nitrogens with one attached hydrogen (secondary N) is 1. The lowest BCUT2D eigenvalue weighted by molar-refractivity contribution is -0.115. The van der Waals surface area contributed by atoms with Crippen LogP contribution in [0.2, 0.25) is 0 Å². The lowest BCUT2D eigenvalue weighted by Crippen LogP contribution is -2.15. The van der Waals surface area contributed by atoms with Crippen LogP contribution in [0.25, 0.3) is 0 Å². The summed E-state index contributed by atoms with van der Waals surface area (Å²) in [4.78, 5) is 12.0. The smallest absolute Gasteiger partial charge is 0.228 e. The van der Waals surface area contributed by atoms with Crippen molar-refractivity contribution in [2.45, 2.75) is 6.42 Å². The zero-order valence-electron chi connectivity index (χ0n) is 11.9. The van der Waals surface area contributed by atoms with E-state index in [1.165, 1.54) is 25.3 Å². The molecule has 0 heterocycles. The van der Waals surface area contributed by atoms with Crippen LogP contribution in [-0.2, 0) is 11.2 Å². The monoisotopic (exact) mass is 289 g/mol. The van der Waals surface area contributed by atoms with Gasteiger partial charge in [-0.1, -0.05) is 12.1 Å². The molecule has 0 fully saturated rings. The Kier molecular flexibility index (Phi) is 4.77. The number of hydrogen-bond donors (Lipinski definition) is 1. The van der Waals surface area contributed by atoms with E-state index < -0.39 is 5.82 Å². The standard InChI is InChI=1S/C16H16FNO3/c1-20-13-5-3-4-11(8-13)9-16(19)18-14-10-12(17)6-7-15(14)21-2/h3-8,10H,9H2,1-2H3,(H,18,19). The Morgan fingerprint density at radius 3 is 2.67 bits per heavy atom. The van der Waals surface area contributed by atoms with Gasteiger partial charge in [-0.25, -0.2) is 4.39 Å². The van der Waals surface area contributed by atoms with E-state index in [4.69, 9.17) is 9.47 Å². The number of rotatable bonds is 5. The molecule has 0 spiro atoms. The van der Waals surface area contributed by atoms with Crippen LogP contribution in [0, 0.1) is 5.82 Å². The second-order valence-electron chi connectivity index (χ2n) is 4.42. The topological polar surface area (TPSA) is 47.6 Å². The number of methoxy groups -OCH3 is 2. The van der Waals surface area contributed by atoms with Gasteiger partial charge in [-0.15, -0.1) is 0 Å². The Morgan fingerprint density at radius 1 is 1.14 bits per heavy atom. The van der Waals surface area contributed by atoms with E-state index in [9.17, 15) is 9.18 Å². The van der Waals surface area contributed by atoms with Crippen molar-refractivity contribution in [1.82, 2.24) is 0 Å². The van der Waals surface area contributed by atoms with Gasteiger partial charge in [0.05, 0.1) is 26.3 Å². The zero-order chi connectivity index (χ0) is 15.2. The third-order valence-electron chi connectivity index (χ3n) is 2.93. The van der Waals surface area contributed by atoms with Gasteiger partial charge < -0.3 is 14.8 Å². The molecule has 0 aliphatic carbocycles. The molecular weight excluding hydrogens is 273 g/mol. The molecule has 0 aliphatic rings. The van der Waals surface area contributed by atoms with Gasteiger partial charge in [0.1, 0.15) is 17.3 Å². The van der Waals surface area contributed by atoms with Crippen LogP contribution in [0.5, 0.6) is 11.5 Å². The zero-order valence-corrected chi connectivity index (χ0v) is 11.9. The summed E-state index contributed by atoms with van der Waals surface area (Å²) in [5.74, 6) is 0.402. The molecule has 2 aromatic carbocycles. The van der Waals surface area contributed by atoms with Gasteiger partial charge in [0.2, 0.25) is 5.91 Å². The molecule has 1 amide bonds. The summed E-state index contributed by atoms with van der Waals surface area (Å²) in [7, 11) is 3.03. The lowest BCUT2D eigenvalue weighted by Gasteiger charge is -2.10. The van der Waals surface area contributed by atoms with Crippen molar-refractivity contribution in [2.75, 3.05) is 19.5 Å². The maximum Gasteiger partial charge on any atom is 0.228 e. The molecule has 0 unspecified atom stereocenters. The maximum absolute atomic E-state index is 13.2. The van der Waals surface area contributed by atoms with E-state index in [1.54, 1.807) is 19.2 Å². The molecule has 0 saturated heterocycles. The first-order chi connectivity index (χ1) is 10.1. The Bertz CT molecular complexity index is 643. The van der Waals surface area contributed by atoms with Crippen molar-refractivity contribution >= 4 is 11.6 Å². The highest BCUT2D eigenvalue weighted by Gasteiger charge is 2.10. The average Bonchev–Trinajstić information content (AvgIpc) is 2.47. The second-order valence-corrected chi connectivity index (χ2v) is 4.42. The highest BCUT2D eigenvalue weighted by atomic mass is 19.1. The molecule has 21 heavy (non-hydrogen) atoms. The van der Waals surface area contributed by atoms with E-state index in [2.05, 4.69) is 5.32 Å². The van der Waals surface area contributed by atoms with Gasteiger partial charge in [0.15, 0.2) is 0 Å². The molecule has 4 nitrogen and oxygen atoms in total. The van der Waals surface area contributed by atoms with Crippen molar-refractivity contribution in [1.29, 1.82) is 0 Å². The molecule has 0 saturated carbocycles. The molecule has 5 heteroatoms. The Hall–Kier alpha value is -2.56. The molecule has 0 radical (unpaired) electrons. The summed E-state index contributed by atoms with van der Waals surface area (Å²) in [6.45, 7) is 0. The van der Waals surface area contributed by atoms with Gasteiger partial charge in [-0.2, -0.15) is 0 Å². The molecule has 2 rings (SSSR count). The lowest BCUT2D eigenvalue weighted by atomic mass is 10.1. The molecule has 110 valence electrons. The molecular formula is C16H16FNO3. The number of amides is 1. The number of anilines is 1. The highest BCUT2D eigenvalue weighted by Crippen LogP contribution is 2.25. The van der Waals surface area contributed by atoms with Crippen LogP contribution in [0.1, 0.15) is 5.56 Å². The minimum atomic E-state index is -0.438. The summed E-state index contributed by atoms with van der Waals surface area (Å²) >= 11 is 0. The van der Waals surface area contributed by atoms with E-state index >= 15 is 0 Å². The molecule has 1 N–H and O–H groups in total. The van der Waals surface area contributed by atoms with Crippen molar-refractivity contribution in [3.63, 3.8) is 0 Å². The van der Waals surface area contributed by atoms with Crippen LogP contribution < -0.4 is 14.8 Å². The first-order valence-corrected chi connectivity index (χ1v) is 6.38. The predicted molar refractivity (Wildman–Crippen MR) is 78.3 cm³/mol. The Morgan fingerprint density at radius 2 is 1.95 bits per heavy atom. The summed E-state index contributed by atoms with van der Waals surface area (Å²) < 4.78 is 23.4. The predicted octanol–water partition coefficient (Wildman–Crippen LogP) is 3.02. The summed E-state index contributed by atoms with van der Waals surface area (Å²) in [5.41, 5.74) is 1.12. The fourth-order valence-corrected chi connectivity index (χ4v) is 1.94. The number of benzene rings is 2. The molecule has 0 aliphatic heterocycles. The SMILES string of the molecule is COc1cccc(CC(=O)Nc2cc(F)ccc2OC)c1. The third kappa shape index (κ3) is 3.95. The highest BCUT2D eigenvalue weighted by molar-refractivity contribution is 5.93. The van der Waals surface area contributed by atoms with Crippen LogP contribution in [0.15, 0.2) is 42.5 Å².